The summed E-state index contributed by atoms with van der Waals surface area (Å²) in [6, 6.07) is 11.8. The number of fused-ring (bicyclic) bond motifs is 1. The predicted molar refractivity (Wildman–Crippen MR) is 119 cm³/mol. The van der Waals surface area contributed by atoms with E-state index < -0.39 is 45.7 Å². The van der Waals surface area contributed by atoms with Crippen LogP contribution in [0, 0.1) is 11.6 Å². The molecule has 0 atom stereocenters. The molecule has 0 bridgehead atoms. The third-order valence-corrected chi connectivity index (χ3v) is 4.95. The summed E-state index contributed by atoms with van der Waals surface area (Å²) in [4.78, 5) is 17.1. The van der Waals surface area contributed by atoms with Gasteiger partial charge in [0.25, 0.3) is 0 Å². The first-order valence-electron chi connectivity index (χ1n) is 10.3. The van der Waals surface area contributed by atoms with E-state index in [1.165, 1.54) is 37.4 Å². The number of methoxy groups -OCH3 is 1. The minimum Gasteiger partial charge on any atom is -0.475 e. The Morgan fingerprint density at radius 1 is 0.971 bits per heavy atom. The number of benzene rings is 2. The normalized spacial score (nSPS) is 11.6. The lowest BCUT2D eigenvalue weighted by atomic mass is 10.1. The van der Waals surface area contributed by atoms with Crippen LogP contribution in [0.3, 0.4) is 0 Å². The van der Waals surface area contributed by atoms with E-state index in [0.717, 1.165) is 28.8 Å². The molecule has 0 unspecified atom stereocenters. The molecule has 0 aliphatic heterocycles. The molecular weight excluding hydrogens is 473 g/mol. The number of ether oxygens (including phenoxy) is 2. The van der Waals surface area contributed by atoms with Crippen molar-refractivity contribution in [3.05, 3.63) is 88.1 Å². The molecule has 2 heterocycles. The van der Waals surface area contributed by atoms with Crippen molar-refractivity contribution >= 4 is 22.5 Å². The van der Waals surface area contributed by atoms with E-state index in [2.05, 4.69) is 10.3 Å². The molecule has 4 rings (SSSR count). The Balaban J connectivity index is 2.05. The van der Waals surface area contributed by atoms with Gasteiger partial charge < -0.3 is 14.8 Å². The fourth-order valence-corrected chi connectivity index (χ4v) is 3.50. The van der Waals surface area contributed by atoms with E-state index in [0.29, 0.717) is 6.07 Å². The van der Waals surface area contributed by atoms with E-state index in [4.69, 9.17) is 9.47 Å². The number of hydrogen-bond donors (Lipinski definition) is 1. The summed E-state index contributed by atoms with van der Waals surface area (Å²) in [5, 5.41) is 2.08. The minimum atomic E-state index is -4.92. The van der Waals surface area contributed by atoms with E-state index in [-0.39, 0.29) is 30.4 Å². The van der Waals surface area contributed by atoms with Crippen LogP contribution < -0.4 is 15.5 Å². The second-order valence-electron chi connectivity index (χ2n) is 7.39. The highest BCUT2D eigenvalue weighted by atomic mass is 19.4. The molecule has 2 aromatic carbocycles. The lowest BCUT2D eigenvalue weighted by Gasteiger charge is -2.20. The minimum absolute atomic E-state index is 0.0617. The standard InChI is InChI=1S/C24H18F5N3O3/c1-34-8-9-35-21-12-18(24(27,28)29)22-19(33)13-20(30-16-6-2-4-14(25)10-16)32(23(22)31-21)17-7-3-5-15(26)11-17/h2-7,10-13,30H,8-9H2,1H3. The summed E-state index contributed by atoms with van der Waals surface area (Å²) < 4.78 is 81.1. The van der Waals surface area contributed by atoms with Gasteiger partial charge in [0.2, 0.25) is 5.88 Å². The molecule has 182 valence electrons. The van der Waals surface area contributed by atoms with Gasteiger partial charge in [-0.05, 0) is 36.4 Å². The average Bonchev–Trinajstić information content (AvgIpc) is 2.78. The Kier molecular flexibility index (Phi) is 6.70. The van der Waals surface area contributed by atoms with Gasteiger partial charge in [-0.2, -0.15) is 18.2 Å². The zero-order chi connectivity index (χ0) is 25.2. The van der Waals surface area contributed by atoms with E-state index >= 15 is 0 Å². The quantitative estimate of drug-likeness (QED) is 0.275. The van der Waals surface area contributed by atoms with Gasteiger partial charge >= 0.3 is 6.18 Å². The molecular formula is C24H18F5N3O3. The van der Waals surface area contributed by atoms with Crippen LogP contribution in [0.15, 0.2) is 65.5 Å². The van der Waals surface area contributed by atoms with Crippen LogP contribution in [0.5, 0.6) is 5.88 Å². The number of rotatable bonds is 7. The zero-order valence-electron chi connectivity index (χ0n) is 18.2. The maximum absolute atomic E-state index is 14.1. The molecule has 0 spiro atoms. The number of nitrogens with zero attached hydrogens (tertiary/aromatic N) is 2. The van der Waals surface area contributed by atoms with Crippen molar-refractivity contribution in [1.29, 1.82) is 0 Å². The van der Waals surface area contributed by atoms with Crippen LogP contribution in [0.25, 0.3) is 16.7 Å². The van der Waals surface area contributed by atoms with Crippen molar-refractivity contribution in [2.24, 2.45) is 0 Å². The average molecular weight is 491 g/mol. The molecule has 0 saturated heterocycles. The van der Waals surface area contributed by atoms with Crippen molar-refractivity contribution in [2.45, 2.75) is 6.18 Å². The molecule has 0 amide bonds. The number of alkyl halides is 3. The SMILES string of the molecule is COCCOc1cc(C(F)(F)F)c2c(=O)cc(Nc3cccc(F)c3)n(-c3cccc(F)c3)c2n1. The number of anilines is 2. The molecule has 6 nitrogen and oxygen atoms in total. The van der Waals surface area contributed by atoms with Crippen molar-refractivity contribution in [3.8, 4) is 11.6 Å². The Bertz CT molecular complexity index is 1440. The summed E-state index contributed by atoms with van der Waals surface area (Å²) in [7, 11) is 1.39. The van der Waals surface area contributed by atoms with Crippen LogP contribution in [0.4, 0.5) is 33.5 Å². The molecule has 0 aliphatic carbocycles. The fraction of sp³-hybridized carbons (Fsp3) is 0.167. The Morgan fingerprint density at radius 2 is 1.69 bits per heavy atom. The largest absolute Gasteiger partial charge is 0.475 e. The molecule has 2 aromatic heterocycles. The van der Waals surface area contributed by atoms with Gasteiger partial charge in [0.1, 0.15) is 24.1 Å². The molecule has 4 aromatic rings. The first-order valence-corrected chi connectivity index (χ1v) is 10.3. The second-order valence-corrected chi connectivity index (χ2v) is 7.39. The van der Waals surface area contributed by atoms with Crippen LogP contribution in [0.2, 0.25) is 0 Å². The number of halogens is 5. The highest BCUT2D eigenvalue weighted by Gasteiger charge is 2.36. The Hall–Kier alpha value is -3.99. The van der Waals surface area contributed by atoms with Gasteiger partial charge in [-0.25, -0.2) is 8.78 Å². The van der Waals surface area contributed by atoms with E-state index in [9.17, 15) is 26.7 Å². The first-order chi connectivity index (χ1) is 16.7. The maximum atomic E-state index is 14.1. The predicted octanol–water partition coefficient (Wildman–Crippen LogP) is 5.45. The number of pyridine rings is 2. The molecule has 35 heavy (non-hydrogen) atoms. The summed E-state index contributed by atoms with van der Waals surface area (Å²) in [6.07, 6.45) is -4.92. The van der Waals surface area contributed by atoms with Crippen LogP contribution in [-0.4, -0.2) is 29.9 Å². The fourth-order valence-electron chi connectivity index (χ4n) is 3.50. The number of aromatic nitrogens is 2. The highest BCUT2D eigenvalue weighted by Crippen LogP contribution is 2.37. The van der Waals surface area contributed by atoms with Crippen molar-refractivity contribution in [3.63, 3.8) is 0 Å². The lowest BCUT2D eigenvalue weighted by molar-refractivity contribution is -0.136. The van der Waals surface area contributed by atoms with Crippen LogP contribution in [0.1, 0.15) is 5.56 Å². The summed E-state index contributed by atoms with van der Waals surface area (Å²) in [5.74, 6) is -1.72. The Labute approximate surface area is 195 Å². The van der Waals surface area contributed by atoms with Crippen LogP contribution in [-0.2, 0) is 10.9 Å². The van der Waals surface area contributed by atoms with Crippen molar-refractivity contribution < 1.29 is 31.4 Å². The van der Waals surface area contributed by atoms with Gasteiger partial charge in [-0.1, -0.05) is 12.1 Å². The summed E-state index contributed by atoms with van der Waals surface area (Å²) in [6.45, 7) is -0.0172. The highest BCUT2D eigenvalue weighted by molar-refractivity contribution is 5.85. The van der Waals surface area contributed by atoms with Gasteiger partial charge in [-0.3, -0.25) is 9.36 Å². The van der Waals surface area contributed by atoms with Gasteiger partial charge in [0.05, 0.1) is 23.2 Å². The molecule has 0 fully saturated rings. The first kappa shape index (κ1) is 24.1. The monoisotopic (exact) mass is 491 g/mol. The van der Waals surface area contributed by atoms with E-state index in [1.54, 1.807) is 0 Å². The maximum Gasteiger partial charge on any atom is 0.417 e. The summed E-state index contributed by atoms with van der Waals surface area (Å²) >= 11 is 0. The number of hydrogen-bond acceptors (Lipinski definition) is 5. The van der Waals surface area contributed by atoms with Crippen molar-refractivity contribution in [1.82, 2.24) is 9.55 Å². The second kappa shape index (κ2) is 9.71. The van der Waals surface area contributed by atoms with Gasteiger partial charge in [0, 0.05) is 24.9 Å². The molecule has 11 heteroatoms. The topological polar surface area (TPSA) is 65.4 Å². The lowest BCUT2D eigenvalue weighted by Crippen LogP contribution is -2.19. The van der Waals surface area contributed by atoms with Gasteiger partial charge in [-0.15, -0.1) is 0 Å². The molecule has 0 saturated carbocycles. The third-order valence-electron chi connectivity index (χ3n) is 4.95. The van der Waals surface area contributed by atoms with Crippen molar-refractivity contribution in [2.75, 3.05) is 25.6 Å². The molecule has 1 N–H and O–H groups in total. The summed E-state index contributed by atoms with van der Waals surface area (Å²) in [5.41, 5.74) is -2.40. The number of nitrogens with one attached hydrogen (secondary N) is 1. The zero-order valence-corrected chi connectivity index (χ0v) is 18.2. The van der Waals surface area contributed by atoms with Crippen LogP contribution >= 0.6 is 0 Å². The van der Waals surface area contributed by atoms with Gasteiger partial charge in [0.15, 0.2) is 11.1 Å². The third kappa shape index (κ3) is 5.24. The smallest absolute Gasteiger partial charge is 0.417 e. The Morgan fingerprint density at radius 3 is 2.34 bits per heavy atom. The van der Waals surface area contributed by atoms with E-state index in [1.807, 2.05) is 0 Å². The molecule has 0 aliphatic rings. The molecule has 0 radical (unpaired) electrons.